The van der Waals surface area contributed by atoms with Crippen LogP contribution in [0.1, 0.15) is 51.0 Å². The smallest absolute Gasteiger partial charge is 0.191 e. The van der Waals surface area contributed by atoms with Crippen molar-refractivity contribution in [2.45, 2.75) is 63.6 Å². The Balaban J connectivity index is 0.00000261. The van der Waals surface area contributed by atoms with Gasteiger partial charge in [0.2, 0.25) is 0 Å². The summed E-state index contributed by atoms with van der Waals surface area (Å²) in [5, 5.41) is 17.5. The van der Waals surface area contributed by atoms with Gasteiger partial charge in [0.25, 0.3) is 0 Å². The maximum Gasteiger partial charge on any atom is 0.191 e. The molecule has 27 heavy (non-hydrogen) atoms. The molecule has 0 spiro atoms. The van der Waals surface area contributed by atoms with E-state index < -0.39 is 5.60 Å². The SMILES string of the molecule is CCNC(=NCC1(O)CCCC1)NC1CCCN(Cc2ccccc2)C1.I. The fraction of sp³-hybridized carbons (Fsp3) is 0.667. The Morgan fingerprint density at radius 2 is 1.96 bits per heavy atom. The Bertz CT molecular complexity index is 575. The molecule has 0 radical (unpaired) electrons. The Hall–Kier alpha value is -0.860. The summed E-state index contributed by atoms with van der Waals surface area (Å²) >= 11 is 0. The highest BCUT2D eigenvalue weighted by Crippen LogP contribution is 2.29. The molecule has 1 unspecified atom stereocenters. The summed E-state index contributed by atoms with van der Waals surface area (Å²) in [6, 6.07) is 11.1. The van der Waals surface area contributed by atoms with Gasteiger partial charge in [-0.15, -0.1) is 24.0 Å². The van der Waals surface area contributed by atoms with Gasteiger partial charge in [-0.3, -0.25) is 9.89 Å². The second-order valence-corrected chi connectivity index (χ2v) is 7.83. The average Bonchev–Trinajstić information content (AvgIpc) is 3.08. The molecule has 3 N–H and O–H groups in total. The third-order valence-electron chi connectivity index (χ3n) is 5.51. The molecule has 2 fully saturated rings. The fourth-order valence-corrected chi connectivity index (χ4v) is 4.09. The highest BCUT2D eigenvalue weighted by molar-refractivity contribution is 14.0. The first kappa shape index (κ1) is 22.4. The fourth-order valence-electron chi connectivity index (χ4n) is 4.09. The van der Waals surface area contributed by atoms with Gasteiger partial charge in [0.15, 0.2) is 5.96 Å². The van der Waals surface area contributed by atoms with Crippen LogP contribution in [-0.2, 0) is 6.54 Å². The molecule has 5 nitrogen and oxygen atoms in total. The number of benzene rings is 1. The number of aliphatic hydroxyl groups is 1. The Labute approximate surface area is 181 Å². The summed E-state index contributed by atoms with van der Waals surface area (Å²) in [6.45, 7) is 6.62. The van der Waals surface area contributed by atoms with Crippen LogP contribution in [0.5, 0.6) is 0 Å². The van der Waals surface area contributed by atoms with Crippen molar-refractivity contribution in [1.29, 1.82) is 0 Å². The van der Waals surface area contributed by atoms with E-state index in [-0.39, 0.29) is 24.0 Å². The van der Waals surface area contributed by atoms with Crippen molar-refractivity contribution in [3.05, 3.63) is 35.9 Å². The summed E-state index contributed by atoms with van der Waals surface area (Å²) in [5.41, 5.74) is 0.783. The Kier molecular flexibility index (Phi) is 9.32. The number of aliphatic imine (C=N–C) groups is 1. The lowest BCUT2D eigenvalue weighted by Gasteiger charge is -2.34. The van der Waals surface area contributed by atoms with E-state index in [0.29, 0.717) is 12.6 Å². The number of rotatable bonds is 6. The number of nitrogens with zero attached hydrogens (tertiary/aromatic N) is 2. The molecule has 0 aromatic heterocycles. The van der Waals surface area contributed by atoms with Crippen molar-refractivity contribution in [3.8, 4) is 0 Å². The minimum absolute atomic E-state index is 0. The van der Waals surface area contributed by atoms with Gasteiger partial charge in [-0.25, -0.2) is 0 Å². The minimum Gasteiger partial charge on any atom is -0.388 e. The van der Waals surface area contributed by atoms with E-state index in [2.05, 4.69) is 52.8 Å². The van der Waals surface area contributed by atoms with Crippen LogP contribution in [0.4, 0.5) is 0 Å². The standard InChI is InChI=1S/C21H34N4O.HI/c1-2-22-20(23-17-21(26)12-6-7-13-21)24-19-11-8-14-25(16-19)15-18-9-4-3-5-10-18;/h3-5,9-10,19,26H,2,6-8,11-17H2,1H3,(H2,22,23,24);1H. The third kappa shape index (κ3) is 7.23. The molecule has 1 aromatic rings. The predicted molar refractivity (Wildman–Crippen MR) is 123 cm³/mol. The molecule has 3 rings (SSSR count). The molecule has 6 heteroatoms. The van der Waals surface area contributed by atoms with Gasteiger partial charge in [0.05, 0.1) is 12.1 Å². The van der Waals surface area contributed by atoms with Crippen LogP contribution >= 0.6 is 24.0 Å². The summed E-state index contributed by atoms with van der Waals surface area (Å²) in [5.74, 6) is 0.847. The van der Waals surface area contributed by atoms with Crippen molar-refractivity contribution < 1.29 is 5.11 Å². The predicted octanol–water partition coefficient (Wildman–Crippen LogP) is 3.13. The lowest BCUT2D eigenvalue weighted by Crippen LogP contribution is -2.51. The first-order chi connectivity index (χ1) is 12.7. The molecule has 0 bridgehead atoms. The normalized spacial score (nSPS) is 22.9. The number of guanidine groups is 1. The largest absolute Gasteiger partial charge is 0.388 e. The molecule has 1 saturated heterocycles. The van der Waals surface area contributed by atoms with Gasteiger partial charge in [0, 0.05) is 25.7 Å². The second kappa shape index (κ2) is 11.2. The van der Waals surface area contributed by atoms with Crippen LogP contribution in [0.25, 0.3) is 0 Å². The topological polar surface area (TPSA) is 59.9 Å². The molecule has 1 aromatic carbocycles. The lowest BCUT2D eigenvalue weighted by atomic mass is 10.0. The van der Waals surface area contributed by atoms with Crippen LogP contribution in [-0.4, -0.2) is 53.8 Å². The van der Waals surface area contributed by atoms with E-state index in [1.54, 1.807) is 0 Å². The Morgan fingerprint density at radius 3 is 2.67 bits per heavy atom. The average molecular weight is 486 g/mol. The highest BCUT2D eigenvalue weighted by atomic mass is 127. The van der Waals surface area contributed by atoms with Crippen molar-refractivity contribution >= 4 is 29.9 Å². The molecular weight excluding hydrogens is 451 g/mol. The minimum atomic E-state index is -0.589. The van der Waals surface area contributed by atoms with E-state index in [0.717, 1.165) is 57.8 Å². The van der Waals surface area contributed by atoms with Crippen LogP contribution in [0.3, 0.4) is 0 Å². The number of hydrogen-bond acceptors (Lipinski definition) is 3. The summed E-state index contributed by atoms with van der Waals surface area (Å²) in [6.07, 6.45) is 6.36. The number of nitrogens with one attached hydrogen (secondary N) is 2. The summed E-state index contributed by atoms with van der Waals surface area (Å²) in [4.78, 5) is 7.21. The van der Waals surface area contributed by atoms with Crippen molar-refractivity contribution in [2.75, 3.05) is 26.2 Å². The van der Waals surface area contributed by atoms with E-state index in [9.17, 15) is 5.11 Å². The first-order valence-electron chi connectivity index (χ1n) is 10.2. The van der Waals surface area contributed by atoms with Crippen molar-refractivity contribution in [3.63, 3.8) is 0 Å². The van der Waals surface area contributed by atoms with E-state index in [1.165, 1.54) is 18.4 Å². The maximum absolute atomic E-state index is 10.5. The molecule has 152 valence electrons. The first-order valence-corrected chi connectivity index (χ1v) is 10.2. The van der Waals surface area contributed by atoms with Gasteiger partial charge in [0.1, 0.15) is 0 Å². The van der Waals surface area contributed by atoms with Crippen LogP contribution in [0.2, 0.25) is 0 Å². The molecule has 1 saturated carbocycles. The summed E-state index contributed by atoms with van der Waals surface area (Å²) < 4.78 is 0. The van der Waals surface area contributed by atoms with Crippen molar-refractivity contribution in [2.24, 2.45) is 4.99 Å². The van der Waals surface area contributed by atoms with E-state index >= 15 is 0 Å². The zero-order valence-corrected chi connectivity index (χ0v) is 18.8. The zero-order valence-electron chi connectivity index (χ0n) is 16.5. The summed E-state index contributed by atoms with van der Waals surface area (Å²) in [7, 11) is 0. The number of hydrogen-bond donors (Lipinski definition) is 3. The van der Waals surface area contributed by atoms with Crippen molar-refractivity contribution in [1.82, 2.24) is 15.5 Å². The van der Waals surface area contributed by atoms with Gasteiger partial charge in [-0.05, 0) is 44.7 Å². The van der Waals surface area contributed by atoms with Gasteiger partial charge in [-0.2, -0.15) is 0 Å². The van der Waals surface area contributed by atoms with Gasteiger partial charge >= 0.3 is 0 Å². The molecule has 2 aliphatic rings. The Morgan fingerprint density at radius 1 is 1.22 bits per heavy atom. The highest BCUT2D eigenvalue weighted by Gasteiger charge is 2.31. The van der Waals surface area contributed by atoms with Gasteiger partial charge < -0.3 is 15.7 Å². The molecule has 1 aliphatic heterocycles. The van der Waals surface area contributed by atoms with E-state index in [4.69, 9.17) is 4.99 Å². The van der Waals surface area contributed by atoms with Crippen LogP contribution in [0, 0.1) is 0 Å². The zero-order chi connectivity index (χ0) is 18.2. The van der Waals surface area contributed by atoms with E-state index in [1.807, 2.05) is 0 Å². The second-order valence-electron chi connectivity index (χ2n) is 7.83. The molecule has 1 atom stereocenters. The molecule has 0 amide bonds. The molecule has 1 aliphatic carbocycles. The number of halogens is 1. The number of piperidine rings is 1. The van der Waals surface area contributed by atoms with Crippen LogP contribution in [0.15, 0.2) is 35.3 Å². The molecular formula is C21H35IN4O. The monoisotopic (exact) mass is 486 g/mol. The quantitative estimate of drug-likeness (QED) is 0.329. The molecule has 1 heterocycles. The van der Waals surface area contributed by atoms with Gasteiger partial charge in [-0.1, -0.05) is 43.2 Å². The maximum atomic E-state index is 10.5. The number of likely N-dealkylation sites (tertiary alicyclic amines) is 1. The lowest BCUT2D eigenvalue weighted by molar-refractivity contribution is 0.0573. The third-order valence-corrected chi connectivity index (χ3v) is 5.51. The van der Waals surface area contributed by atoms with Crippen LogP contribution < -0.4 is 10.6 Å².